The Morgan fingerprint density at radius 3 is 2.36 bits per heavy atom. The van der Waals surface area contributed by atoms with E-state index in [1.54, 1.807) is 30.3 Å². The van der Waals surface area contributed by atoms with Crippen LogP contribution in [0.3, 0.4) is 0 Å². The molecule has 4 rings (SSSR count). The van der Waals surface area contributed by atoms with Crippen molar-refractivity contribution in [3.63, 3.8) is 0 Å². The molecule has 2 heterocycles. The summed E-state index contributed by atoms with van der Waals surface area (Å²) < 4.78 is 2.08. The van der Waals surface area contributed by atoms with Gasteiger partial charge in [0.15, 0.2) is 0 Å². The molecule has 0 unspecified atom stereocenters. The van der Waals surface area contributed by atoms with E-state index in [4.69, 9.17) is 11.6 Å². The van der Waals surface area contributed by atoms with Crippen molar-refractivity contribution in [3.8, 4) is 5.69 Å². The highest BCUT2D eigenvalue weighted by molar-refractivity contribution is 8.19. The van der Waals surface area contributed by atoms with Gasteiger partial charge in [0.2, 0.25) is 0 Å². The summed E-state index contributed by atoms with van der Waals surface area (Å²) in [5, 5.41) is 0.377. The van der Waals surface area contributed by atoms with Crippen LogP contribution in [-0.2, 0) is 4.79 Å². The maximum atomic E-state index is 12.8. The molecule has 0 radical (unpaired) electrons. The minimum Gasteiger partial charge on any atom is -0.318 e. The second-order valence-electron chi connectivity index (χ2n) is 6.49. The fourth-order valence-electron chi connectivity index (χ4n) is 3.35. The van der Waals surface area contributed by atoms with Crippen molar-refractivity contribution in [1.82, 2.24) is 4.57 Å². The minimum atomic E-state index is -0.297. The number of thioether (sulfide) groups is 1. The molecule has 1 aliphatic rings. The van der Waals surface area contributed by atoms with Crippen LogP contribution in [0.15, 0.2) is 65.6 Å². The van der Waals surface area contributed by atoms with E-state index in [9.17, 15) is 9.59 Å². The molecule has 2 aromatic carbocycles. The summed E-state index contributed by atoms with van der Waals surface area (Å²) in [5.41, 5.74) is 4.44. The maximum Gasteiger partial charge on any atom is 0.298 e. The number of amides is 2. The SMILES string of the molecule is Cc1cc(/C=C2/SC(=O)N(c3ccccc3)C2=O)c(C)n1-c1cccc(Cl)c1. The molecule has 28 heavy (non-hydrogen) atoms. The lowest BCUT2D eigenvalue weighted by Gasteiger charge is -2.11. The van der Waals surface area contributed by atoms with Gasteiger partial charge in [-0.3, -0.25) is 9.59 Å². The van der Waals surface area contributed by atoms with E-state index in [1.807, 2.05) is 50.2 Å². The predicted octanol–water partition coefficient (Wildman–Crippen LogP) is 5.99. The molecule has 6 heteroatoms. The average molecular weight is 409 g/mol. The number of hydrogen-bond acceptors (Lipinski definition) is 3. The van der Waals surface area contributed by atoms with E-state index in [-0.39, 0.29) is 11.1 Å². The van der Waals surface area contributed by atoms with Crippen LogP contribution in [0.25, 0.3) is 11.8 Å². The van der Waals surface area contributed by atoms with Crippen LogP contribution in [0.5, 0.6) is 0 Å². The van der Waals surface area contributed by atoms with E-state index in [0.717, 1.165) is 34.4 Å². The van der Waals surface area contributed by atoms with Crippen molar-refractivity contribution in [2.75, 3.05) is 4.90 Å². The van der Waals surface area contributed by atoms with Crippen molar-refractivity contribution < 1.29 is 9.59 Å². The first-order chi connectivity index (χ1) is 13.5. The van der Waals surface area contributed by atoms with Crippen molar-refractivity contribution in [1.29, 1.82) is 0 Å². The van der Waals surface area contributed by atoms with Gasteiger partial charge >= 0.3 is 0 Å². The molecular formula is C22H17ClN2O2S. The third-order valence-electron chi connectivity index (χ3n) is 4.63. The summed E-state index contributed by atoms with van der Waals surface area (Å²) in [6.07, 6.45) is 1.79. The Morgan fingerprint density at radius 1 is 0.929 bits per heavy atom. The largest absolute Gasteiger partial charge is 0.318 e. The highest BCUT2D eigenvalue weighted by Gasteiger charge is 2.36. The second-order valence-corrected chi connectivity index (χ2v) is 7.92. The fraction of sp³-hybridized carbons (Fsp3) is 0.0909. The topological polar surface area (TPSA) is 42.3 Å². The van der Waals surface area contributed by atoms with Crippen LogP contribution in [0.1, 0.15) is 17.0 Å². The number of nitrogens with zero attached hydrogens (tertiary/aromatic N) is 2. The Kier molecular flexibility index (Phi) is 4.87. The molecular weight excluding hydrogens is 392 g/mol. The van der Waals surface area contributed by atoms with Gasteiger partial charge in [-0.1, -0.05) is 35.9 Å². The lowest BCUT2D eigenvalue weighted by Crippen LogP contribution is -2.27. The first-order valence-electron chi connectivity index (χ1n) is 8.73. The minimum absolute atomic E-state index is 0.286. The van der Waals surface area contributed by atoms with Gasteiger partial charge in [-0.05, 0) is 73.6 Å². The molecule has 0 saturated carbocycles. The molecule has 1 fully saturated rings. The molecule has 0 atom stereocenters. The number of hydrogen-bond donors (Lipinski definition) is 0. The normalized spacial score (nSPS) is 15.7. The molecule has 1 aromatic heterocycles. The number of imide groups is 1. The Hall–Kier alpha value is -2.76. The van der Waals surface area contributed by atoms with Gasteiger partial charge < -0.3 is 4.57 Å². The molecule has 4 nitrogen and oxygen atoms in total. The van der Waals surface area contributed by atoms with Crippen molar-refractivity contribution >= 4 is 46.3 Å². The molecule has 1 aliphatic heterocycles. The molecule has 0 spiro atoms. The van der Waals surface area contributed by atoms with Crippen LogP contribution in [0.4, 0.5) is 10.5 Å². The molecule has 1 saturated heterocycles. The first-order valence-corrected chi connectivity index (χ1v) is 9.93. The second kappa shape index (κ2) is 7.34. The van der Waals surface area contributed by atoms with Gasteiger partial charge in [-0.25, -0.2) is 4.90 Å². The van der Waals surface area contributed by atoms with Crippen molar-refractivity contribution in [3.05, 3.63) is 87.5 Å². The third-order valence-corrected chi connectivity index (χ3v) is 5.74. The number of para-hydroxylation sites is 1. The molecule has 0 N–H and O–H groups in total. The Balaban J connectivity index is 1.72. The summed E-state index contributed by atoms with van der Waals surface area (Å²) in [6.45, 7) is 3.99. The van der Waals surface area contributed by atoms with E-state index in [1.165, 1.54) is 4.90 Å². The summed E-state index contributed by atoms with van der Waals surface area (Å²) >= 11 is 7.10. The number of aryl methyl sites for hydroxylation is 1. The molecule has 140 valence electrons. The lowest BCUT2D eigenvalue weighted by molar-refractivity contribution is -0.113. The van der Waals surface area contributed by atoms with E-state index < -0.39 is 0 Å². The third kappa shape index (κ3) is 3.28. The zero-order valence-corrected chi connectivity index (χ0v) is 16.9. The standard InChI is InChI=1S/C22H17ClN2O2S/c1-14-11-16(15(2)24(14)19-10-6-7-17(23)13-19)12-20-21(26)25(22(27)28-20)18-8-4-3-5-9-18/h3-13H,1-2H3/b20-12+. The average Bonchev–Trinajstić information content (AvgIpc) is 3.11. The maximum absolute atomic E-state index is 12.8. The van der Waals surface area contributed by atoms with Crippen LogP contribution >= 0.6 is 23.4 Å². The molecule has 3 aromatic rings. The monoisotopic (exact) mass is 408 g/mol. The van der Waals surface area contributed by atoms with Gasteiger partial charge in [0.05, 0.1) is 10.6 Å². The van der Waals surface area contributed by atoms with Crippen molar-refractivity contribution in [2.45, 2.75) is 13.8 Å². The van der Waals surface area contributed by atoms with E-state index >= 15 is 0 Å². The smallest absolute Gasteiger partial charge is 0.298 e. The van der Waals surface area contributed by atoms with Gasteiger partial charge in [-0.2, -0.15) is 0 Å². The quantitative estimate of drug-likeness (QED) is 0.500. The highest BCUT2D eigenvalue weighted by Crippen LogP contribution is 2.36. The number of carbonyl (C=O) groups is 2. The molecule has 0 bridgehead atoms. The molecule has 2 amide bonds. The van der Waals surface area contributed by atoms with Crippen LogP contribution in [-0.4, -0.2) is 15.7 Å². The van der Waals surface area contributed by atoms with Gasteiger partial charge in [0, 0.05) is 22.1 Å². The van der Waals surface area contributed by atoms with E-state index in [0.29, 0.717) is 15.6 Å². The Bertz CT molecular complexity index is 1120. The number of aromatic nitrogens is 1. The van der Waals surface area contributed by atoms with E-state index in [2.05, 4.69) is 4.57 Å². The lowest BCUT2D eigenvalue weighted by atomic mass is 10.2. The number of anilines is 1. The Labute approximate surface area is 172 Å². The number of benzene rings is 2. The summed E-state index contributed by atoms with van der Waals surface area (Å²) in [7, 11) is 0. The first kappa shape index (κ1) is 18.6. The number of rotatable bonds is 3. The summed E-state index contributed by atoms with van der Waals surface area (Å²) in [5.74, 6) is -0.297. The van der Waals surface area contributed by atoms with Gasteiger partial charge in [0.1, 0.15) is 0 Å². The summed E-state index contributed by atoms with van der Waals surface area (Å²) in [6, 6.07) is 18.6. The summed E-state index contributed by atoms with van der Waals surface area (Å²) in [4.78, 5) is 26.9. The van der Waals surface area contributed by atoms with Gasteiger partial charge in [0.25, 0.3) is 11.1 Å². The van der Waals surface area contributed by atoms with Crippen LogP contribution < -0.4 is 4.90 Å². The predicted molar refractivity (Wildman–Crippen MR) is 115 cm³/mol. The number of halogens is 1. The Morgan fingerprint density at radius 2 is 1.64 bits per heavy atom. The fourth-order valence-corrected chi connectivity index (χ4v) is 4.37. The number of carbonyl (C=O) groups excluding carboxylic acids is 2. The van der Waals surface area contributed by atoms with Crippen LogP contribution in [0.2, 0.25) is 5.02 Å². The molecule has 0 aliphatic carbocycles. The van der Waals surface area contributed by atoms with Crippen molar-refractivity contribution in [2.24, 2.45) is 0 Å². The van der Waals surface area contributed by atoms with Crippen LogP contribution in [0, 0.1) is 13.8 Å². The zero-order chi connectivity index (χ0) is 19.8. The zero-order valence-electron chi connectivity index (χ0n) is 15.3. The van der Waals surface area contributed by atoms with Gasteiger partial charge in [-0.15, -0.1) is 0 Å². The highest BCUT2D eigenvalue weighted by atomic mass is 35.5.